The molecule has 0 saturated carbocycles. The second-order valence-corrected chi connectivity index (χ2v) is 4.93. The van der Waals surface area contributed by atoms with Gasteiger partial charge in [0.05, 0.1) is 23.2 Å². The zero-order valence-electron chi connectivity index (χ0n) is 11.3. The van der Waals surface area contributed by atoms with E-state index in [1.165, 1.54) is 0 Å². The van der Waals surface area contributed by atoms with Crippen molar-refractivity contribution in [3.63, 3.8) is 0 Å². The van der Waals surface area contributed by atoms with Crippen LogP contribution in [-0.4, -0.2) is 43.5 Å². The lowest BCUT2D eigenvalue weighted by Gasteiger charge is -2.19. The van der Waals surface area contributed by atoms with Crippen LogP contribution in [0.15, 0.2) is 18.2 Å². The summed E-state index contributed by atoms with van der Waals surface area (Å²) in [4.78, 5) is 14.2. The largest absolute Gasteiger partial charge is 0.380 e. The van der Waals surface area contributed by atoms with Crippen molar-refractivity contribution < 1.29 is 9.53 Å². The predicted molar refractivity (Wildman–Crippen MR) is 79.4 cm³/mol. The predicted octanol–water partition coefficient (Wildman–Crippen LogP) is 3.53. The van der Waals surface area contributed by atoms with Crippen molar-refractivity contribution in [3.8, 4) is 0 Å². The number of carbonyl (C=O) groups excluding carboxylic acids is 1. The fourth-order valence-electron chi connectivity index (χ4n) is 1.65. The Bertz CT molecular complexity index is 424. The van der Waals surface area contributed by atoms with Crippen LogP contribution in [0.25, 0.3) is 0 Å². The number of hydrogen-bond acceptors (Lipinski definition) is 3. The van der Waals surface area contributed by atoms with E-state index in [4.69, 9.17) is 27.9 Å². The van der Waals surface area contributed by atoms with Gasteiger partial charge in [0.25, 0.3) is 0 Å². The van der Waals surface area contributed by atoms with E-state index in [0.717, 1.165) is 13.1 Å². The Hall–Kier alpha value is -0.610. The van der Waals surface area contributed by atoms with Crippen molar-refractivity contribution in [1.29, 1.82) is 0 Å². The average Bonchev–Trinajstić information content (AvgIpc) is 2.40. The molecule has 0 atom stereocenters. The number of halogens is 2. The van der Waals surface area contributed by atoms with Crippen molar-refractivity contribution in [2.24, 2.45) is 0 Å². The Morgan fingerprint density at radius 2 is 2.00 bits per heavy atom. The number of hydrogen-bond donors (Lipinski definition) is 0. The molecule has 106 valence electrons. The summed E-state index contributed by atoms with van der Waals surface area (Å²) in [6.07, 6.45) is 0. The molecular weight excluding hydrogens is 285 g/mol. The third-order valence-corrected chi connectivity index (χ3v) is 3.55. The number of benzene rings is 1. The van der Waals surface area contributed by atoms with E-state index in [9.17, 15) is 4.79 Å². The summed E-state index contributed by atoms with van der Waals surface area (Å²) in [7, 11) is 0. The highest BCUT2D eigenvalue weighted by molar-refractivity contribution is 6.42. The monoisotopic (exact) mass is 303 g/mol. The third-order valence-electron chi connectivity index (χ3n) is 2.81. The van der Waals surface area contributed by atoms with Crippen LogP contribution in [0.5, 0.6) is 0 Å². The van der Waals surface area contributed by atoms with E-state index in [0.29, 0.717) is 35.4 Å². The van der Waals surface area contributed by atoms with E-state index in [2.05, 4.69) is 0 Å². The SMILES string of the molecule is CCOCCN(CC)CC(=O)c1ccc(Cl)c(Cl)c1. The summed E-state index contributed by atoms with van der Waals surface area (Å²) in [5.74, 6) is 0.0388. The standard InChI is InChI=1S/C14H19Cl2NO2/c1-3-17(7-8-19-4-2)10-14(18)11-5-6-12(15)13(16)9-11/h5-6,9H,3-4,7-8,10H2,1-2H3. The summed E-state index contributed by atoms with van der Waals surface area (Å²) < 4.78 is 5.30. The molecule has 1 rings (SSSR count). The molecule has 0 aliphatic rings. The molecule has 0 bridgehead atoms. The Balaban J connectivity index is 2.58. The number of nitrogens with zero attached hydrogens (tertiary/aromatic N) is 1. The first kappa shape index (κ1) is 16.4. The Kier molecular flexibility index (Phi) is 7.39. The molecule has 1 aromatic rings. The van der Waals surface area contributed by atoms with Crippen molar-refractivity contribution in [2.45, 2.75) is 13.8 Å². The molecule has 0 aromatic heterocycles. The van der Waals surface area contributed by atoms with E-state index in [-0.39, 0.29) is 5.78 Å². The quantitative estimate of drug-likeness (QED) is 0.543. The molecule has 0 aliphatic heterocycles. The van der Waals surface area contributed by atoms with Gasteiger partial charge in [-0.15, -0.1) is 0 Å². The first-order valence-corrected chi connectivity index (χ1v) is 7.12. The lowest BCUT2D eigenvalue weighted by Crippen LogP contribution is -2.32. The average molecular weight is 304 g/mol. The number of carbonyl (C=O) groups is 1. The lowest BCUT2D eigenvalue weighted by atomic mass is 10.1. The molecule has 0 radical (unpaired) electrons. The number of ketones is 1. The highest BCUT2D eigenvalue weighted by atomic mass is 35.5. The van der Waals surface area contributed by atoms with Crippen molar-refractivity contribution in [3.05, 3.63) is 33.8 Å². The van der Waals surface area contributed by atoms with E-state index < -0.39 is 0 Å². The Labute approximate surface area is 124 Å². The minimum absolute atomic E-state index is 0.0388. The molecule has 1 aromatic carbocycles. The number of likely N-dealkylation sites (N-methyl/N-ethyl adjacent to an activating group) is 1. The fourth-order valence-corrected chi connectivity index (χ4v) is 1.95. The molecule has 0 spiro atoms. The molecule has 0 aliphatic carbocycles. The summed E-state index contributed by atoms with van der Waals surface area (Å²) in [5, 5.41) is 0.867. The van der Waals surface area contributed by atoms with Gasteiger partial charge in [-0.2, -0.15) is 0 Å². The van der Waals surface area contributed by atoms with E-state index in [1.54, 1.807) is 18.2 Å². The topological polar surface area (TPSA) is 29.5 Å². The Morgan fingerprint density at radius 1 is 1.26 bits per heavy atom. The van der Waals surface area contributed by atoms with Gasteiger partial charge in [0, 0.05) is 18.7 Å². The fraction of sp³-hybridized carbons (Fsp3) is 0.500. The van der Waals surface area contributed by atoms with Crippen LogP contribution in [-0.2, 0) is 4.74 Å². The van der Waals surface area contributed by atoms with Gasteiger partial charge in [0.15, 0.2) is 5.78 Å². The molecule has 0 amide bonds. The van der Waals surface area contributed by atoms with Crippen LogP contribution in [0, 0.1) is 0 Å². The zero-order valence-corrected chi connectivity index (χ0v) is 12.8. The van der Waals surface area contributed by atoms with Crippen molar-refractivity contribution >= 4 is 29.0 Å². The highest BCUT2D eigenvalue weighted by Gasteiger charge is 2.12. The lowest BCUT2D eigenvalue weighted by molar-refractivity contribution is 0.0867. The molecule has 5 heteroatoms. The summed E-state index contributed by atoms with van der Waals surface area (Å²) in [6.45, 7) is 7.22. The maximum absolute atomic E-state index is 12.1. The summed E-state index contributed by atoms with van der Waals surface area (Å²) >= 11 is 11.7. The second-order valence-electron chi connectivity index (χ2n) is 4.12. The van der Waals surface area contributed by atoms with E-state index >= 15 is 0 Å². The number of rotatable bonds is 8. The first-order valence-electron chi connectivity index (χ1n) is 6.36. The van der Waals surface area contributed by atoms with Gasteiger partial charge in [-0.05, 0) is 31.7 Å². The first-order chi connectivity index (χ1) is 9.08. The molecule has 0 saturated heterocycles. The van der Waals surface area contributed by atoms with E-state index in [1.807, 2.05) is 18.7 Å². The highest BCUT2D eigenvalue weighted by Crippen LogP contribution is 2.22. The molecule has 19 heavy (non-hydrogen) atoms. The maximum Gasteiger partial charge on any atom is 0.176 e. The summed E-state index contributed by atoms with van der Waals surface area (Å²) in [5.41, 5.74) is 0.587. The number of Topliss-reactive ketones (excluding diaryl/α,β-unsaturated/α-hetero) is 1. The minimum atomic E-state index is 0.0388. The molecule has 3 nitrogen and oxygen atoms in total. The molecular formula is C14H19Cl2NO2. The van der Waals surface area contributed by atoms with Crippen molar-refractivity contribution in [1.82, 2.24) is 4.90 Å². The van der Waals surface area contributed by atoms with Gasteiger partial charge < -0.3 is 4.74 Å². The summed E-state index contributed by atoms with van der Waals surface area (Å²) in [6, 6.07) is 4.96. The van der Waals surface area contributed by atoms with Crippen LogP contribution in [0.4, 0.5) is 0 Å². The second kappa shape index (κ2) is 8.54. The van der Waals surface area contributed by atoms with Gasteiger partial charge >= 0.3 is 0 Å². The van der Waals surface area contributed by atoms with Gasteiger partial charge in [-0.1, -0.05) is 30.1 Å². The molecule has 0 fully saturated rings. The van der Waals surface area contributed by atoms with Gasteiger partial charge in [0.2, 0.25) is 0 Å². The van der Waals surface area contributed by atoms with Gasteiger partial charge in [-0.25, -0.2) is 0 Å². The van der Waals surface area contributed by atoms with Crippen LogP contribution >= 0.6 is 23.2 Å². The number of ether oxygens (including phenoxy) is 1. The van der Waals surface area contributed by atoms with Crippen molar-refractivity contribution in [2.75, 3.05) is 32.8 Å². The van der Waals surface area contributed by atoms with Crippen LogP contribution in [0.2, 0.25) is 10.0 Å². The smallest absolute Gasteiger partial charge is 0.176 e. The van der Waals surface area contributed by atoms with Gasteiger partial charge in [-0.3, -0.25) is 9.69 Å². The van der Waals surface area contributed by atoms with Crippen LogP contribution in [0.1, 0.15) is 24.2 Å². The maximum atomic E-state index is 12.1. The minimum Gasteiger partial charge on any atom is -0.380 e. The van der Waals surface area contributed by atoms with Gasteiger partial charge in [0.1, 0.15) is 0 Å². The Morgan fingerprint density at radius 3 is 2.58 bits per heavy atom. The van der Waals surface area contributed by atoms with Crippen LogP contribution < -0.4 is 0 Å². The molecule has 0 heterocycles. The zero-order chi connectivity index (χ0) is 14.3. The molecule has 0 unspecified atom stereocenters. The molecule has 0 N–H and O–H groups in total. The normalized spacial score (nSPS) is 11.0. The third kappa shape index (κ3) is 5.49. The van der Waals surface area contributed by atoms with Crippen LogP contribution in [0.3, 0.4) is 0 Å².